The molecule has 0 heterocycles. The largest absolute Gasteiger partial charge is 0.487 e. The maximum Gasteiger partial charge on any atom is 0.303 e. The maximum atomic E-state index is 12.2. The molecule has 6 nitrogen and oxygen atoms in total. The van der Waals surface area contributed by atoms with Gasteiger partial charge in [-0.05, 0) is 17.5 Å². The van der Waals surface area contributed by atoms with Crippen LogP contribution in [0.25, 0.3) is 0 Å². The molecule has 0 saturated carbocycles. The first-order valence-electron chi connectivity index (χ1n) is 7.17. The smallest absolute Gasteiger partial charge is 0.303 e. The molecule has 1 aromatic carbocycles. The lowest BCUT2D eigenvalue weighted by Crippen LogP contribution is -2.25. The topological polar surface area (TPSA) is 84.9 Å². The van der Waals surface area contributed by atoms with Gasteiger partial charge in [0.05, 0.1) is 23.7 Å². The minimum atomic E-state index is -0.936. The summed E-state index contributed by atoms with van der Waals surface area (Å²) in [4.78, 5) is 23.0. The third-order valence-electron chi connectivity index (χ3n) is 3.04. The molecule has 0 aromatic heterocycles. The van der Waals surface area contributed by atoms with E-state index in [9.17, 15) is 9.59 Å². The Kier molecular flexibility index (Phi) is 7.32. The maximum absolute atomic E-state index is 12.2. The monoisotopic (exact) mass is 343 g/mol. The number of carboxylic acids is 1. The van der Waals surface area contributed by atoms with Crippen molar-refractivity contribution in [1.29, 1.82) is 0 Å². The summed E-state index contributed by atoms with van der Waals surface area (Å²) in [5, 5.41) is 12.0. The Hall–Kier alpha value is -1.79. The first-order valence-corrected chi connectivity index (χ1v) is 7.55. The number of halogens is 1. The molecule has 0 aliphatic carbocycles. The van der Waals surface area contributed by atoms with Crippen LogP contribution in [0.1, 0.15) is 26.7 Å². The van der Waals surface area contributed by atoms with Crippen molar-refractivity contribution in [3.8, 4) is 5.75 Å². The van der Waals surface area contributed by atoms with Gasteiger partial charge in [-0.15, -0.1) is 0 Å². The fourth-order valence-electron chi connectivity index (χ4n) is 2.08. The van der Waals surface area contributed by atoms with Crippen molar-refractivity contribution in [2.24, 2.45) is 5.41 Å². The van der Waals surface area contributed by atoms with E-state index in [1.165, 1.54) is 0 Å². The number of methoxy groups -OCH3 is 1. The zero-order valence-corrected chi connectivity index (χ0v) is 14.3. The third-order valence-corrected chi connectivity index (χ3v) is 3.34. The molecule has 1 amide bonds. The van der Waals surface area contributed by atoms with Crippen LogP contribution < -0.4 is 10.1 Å². The van der Waals surface area contributed by atoms with Crippen molar-refractivity contribution in [3.63, 3.8) is 0 Å². The highest BCUT2D eigenvalue weighted by atomic mass is 35.5. The summed E-state index contributed by atoms with van der Waals surface area (Å²) >= 11 is 6.10. The van der Waals surface area contributed by atoms with E-state index in [1.807, 2.05) is 0 Å². The number of hydrogen-bond acceptors (Lipinski definition) is 4. The van der Waals surface area contributed by atoms with Crippen molar-refractivity contribution in [2.45, 2.75) is 26.7 Å². The lowest BCUT2D eigenvalue weighted by Gasteiger charge is -2.22. The number of carbonyl (C=O) groups is 2. The van der Waals surface area contributed by atoms with Gasteiger partial charge in [-0.1, -0.05) is 31.5 Å². The lowest BCUT2D eigenvalue weighted by atomic mass is 9.85. The Balaban J connectivity index is 2.77. The van der Waals surface area contributed by atoms with E-state index in [4.69, 9.17) is 26.2 Å². The highest BCUT2D eigenvalue weighted by Gasteiger charge is 2.25. The van der Waals surface area contributed by atoms with Crippen molar-refractivity contribution in [2.75, 3.05) is 25.6 Å². The van der Waals surface area contributed by atoms with E-state index < -0.39 is 11.4 Å². The number of benzene rings is 1. The number of anilines is 1. The molecule has 0 atom stereocenters. The molecule has 1 rings (SSSR count). The van der Waals surface area contributed by atoms with Crippen LogP contribution in [0.2, 0.25) is 5.02 Å². The average molecular weight is 344 g/mol. The van der Waals surface area contributed by atoms with Gasteiger partial charge in [0.1, 0.15) is 6.61 Å². The Morgan fingerprint density at radius 1 is 1.26 bits per heavy atom. The predicted molar refractivity (Wildman–Crippen MR) is 88.1 cm³/mol. The van der Waals surface area contributed by atoms with Gasteiger partial charge in [0, 0.05) is 13.5 Å². The quantitative estimate of drug-likeness (QED) is 0.672. The van der Waals surface area contributed by atoms with E-state index in [2.05, 4.69) is 5.32 Å². The molecule has 23 heavy (non-hydrogen) atoms. The number of nitrogens with one attached hydrogen (secondary N) is 1. The molecule has 0 aliphatic rings. The Labute approximate surface area is 140 Å². The number of ether oxygens (including phenoxy) is 2. The van der Waals surface area contributed by atoms with Crippen LogP contribution in [0.3, 0.4) is 0 Å². The van der Waals surface area contributed by atoms with Gasteiger partial charge >= 0.3 is 5.97 Å². The number of carbonyl (C=O) groups excluding carboxylic acids is 1. The summed E-state index contributed by atoms with van der Waals surface area (Å²) in [5.41, 5.74) is -0.198. The number of amides is 1. The second kappa shape index (κ2) is 8.74. The summed E-state index contributed by atoms with van der Waals surface area (Å²) in [6.45, 7) is 4.15. The average Bonchev–Trinajstić information content (AvgIpc) is 2.39. The molecule has 0 bridgehead atoms. The van der Waals surface area contributed by atoms with Crippen LogP contribution >= 0.6 is 11.6 Å². The van der Waals surface area contributed by atoms with Crippen molar-refractivity contribution in [3.05, 3.63) is 23.2 Å². The van der Waals surface area contributed by atoms with Crippen molar-refractivity contribution >= 4 is 29.2 Å². The van der Waals surface area contributed by atoms with E-state index in [0.717, 1.165) is 0 Å². The van der Waals surface area contributed by atoms with E-state index in [1.54, 1.807) is 39.2 Å². The van der Waals surface area contributed by atoms with Crippen LogP contribution in [0.15, 0.2) is 18.2 Å². The summed E-state index contributed by atoms with van der Waals surface area (Å²) in [5.74, 6) is -0.861. The molecule has 0 fully saturated rings. The van der Waals surface area contributed by atoms with Gasteiger partial charge < -0.3 is 19.9 Å². The number of aliphatic carboxylic acids is 1. The summed E-state index contributed by atoms with van der Waals surface area (Å²) < 4.78 is 10.5. The van der Waals surface area contributed by atoms with Gasteiger partial charge in [0.15, 0.2) is 5.75 Å². The molecule has 128 valence electrons. The van der Waals surface area contributed by atoms with Crippen LogP contribution in [0.5, 0.6) is 5.75 Å². The Morgan fingerprint density at radius 2 is 1.96 bits per heavy atom. The second-order valence-electron chi connectivity index (χ2n) is 5.92. The number of rotatable bonds is 9. The van der Waals surface area contributed by atoms with E-state index in [-0.39, 0.29) is 18.7 Å². The molecule has 0 spiro atoms. The number of carboxylic acid groups (broad SMARTS) is 1. The third kappa shape index (κ3) is 6.88. The summed E-state index contributed by atoms with van der Waals surface area (Å²) in [7, 11) is 1.56. The van der Waals surface area contributed by atoms with Crippen LogP contribution in [0.4, 0.5) is 5.69 Å². The SMILES string of the molecule is COCCOc1c(Cl)cccc1NC(=O)CC(C)(C)CC(=O)O. The highest BCUT2D eigenvalue weighted by molar-refractivity contribution is 6.32. The standard InChI is InChI=1S/C16H22ClNO5/c1-16(2,10-14(20)21)9-13(19)18-12-6-4-5-11(17)15(12)23-8-7-22-3/h4-6H,7-10H2,1-3H3,(H,18,19)(H,20,21). The summed E-state index contributed by atoms with van der Waals surface area (Å²) in [6, 6.07) is 5.04. The molecule has 2 N–H and O–H groups in total. The molecule has 0 saturated heterocycles. The lowest BCUT2D eigenvalue weighted by molar-refractivity contribution is -0.139. The normalized spacial score (nSPS) is 11.1. The number of para-hydroxylation sites is 1. The molecule has 7 heteroatoms. The van der Waals surface area contributed by atoms with E-state index >= 15 is 0 Å². The predicted octanol–water partition coefficient (Wildman–Crippen LogP) is 3.19. The molecule has 0 aliphatic heterocycles. The van der Waals surface area contributed by atoms with Crippen LogP contribution in [0, 0.1) is 5.41 Å². The van der Waals surface area contributed by atoms with Gasteiger partial charge in [0.25, 0.3) is 0 Å². The first kappa shape index (κ1) is 19.3. The van der Waals surface area contributed by atoms with Gasteiger partial charge in [0.2, 0.25) is 5.91 Å². The highest BCUT2D eigenvalue weighted by Crippen LogP contribution is 2.34. The fourth-order valence-corrected chi connectivity index (χ4v) is 2.31. The Bertz CT molecular complexity index is 559. The summed E-state index contributed by atoms with van der Waals surface area (Å²) in [6.07, 6.45) is -0.0174. The zero-order chi connectivity index (χ0) is 17.5. The van der Waals surface area contributed by atoms with Gasteiger partial charge in [-0.3, -0.25) is 9.59 Å². The molecule has 1 aromatic rings. The van der Waals surface area contributed by atoms with Gasteiger partial charge in [-0.2, -0.15) is 0 Å². The zero-order valence-electron chi connectivity index (χ0n) is 13.5. The Morgan fingerprint density at radius 3 is 2.57 bits per heavy atom. The van der Waals surface area contributed by atoms with Crippen LogP contribution in [-0.4, -0.2) is 37.3 Å². The van der Waals surface area contributed by atoms with Crippen molar-refractivity contribution in [1.82, 2.24) is 0 Å². The minimum Gasteiger partial charge on any atom is -0.487 e. The molecular weight excluding hydrogens is 322 g/mol. The van der Waals surface area contributed by atoms with Crippen molar-refractivity contribution < 1.29 is 24.2 Å². The van der Waals surface area contributed by atoms with Crippen LogP contribution in [-0.2, 0) is 14.3 Å². The second-order valence-corrected chi connectivity index (χ2v) is 6.32. The van der Waals surface area contributed by atoms with E-state index in [0.29, 0.717) is 29.7 Å². The molecular formula is C16H22ClNO5. The fraction of sp³-hybridized carbons (Fsp3) is 0.500. The first-order chi connectivity index (χ1) is 10.7. The molecule has 0 unspecified atom stereocenters. The molecule has 0 radical (unpaired) electrons. The van der Waals surface area contributed by atoms with Gasteiger partial charge in [-0.25, -0.2) is 0 Å². The minimum absolute atomic E-state index is 0.0727. The number of hydrogen-bond donors (Lipinski definition) is 2.